The van der Waals surface area contributed by atoms with E-state index in [0.29, 0.717) is 11.6 Å². The Balaban J connectivity index is 2.51. The van der Waals surface area contributed by atoms with E-state index in [-0.39, 0.29) is 11.2 Å². The average Bonchev–Trinajstić information content (AvgIpc) is 2.61. The van der Waals surface area contributed by atoms with E-state index in [1.165, 1.54) is 0 Å². The van der Waals surface area contributed by atoms with E-state index in [0.717, 1.165) is 18.3 Å². The monoisotopic (exact) mass is 269 g/mol. The van der Waals surface area contributed by atoms with Gasteiger partial charge in [-0.2, -0.15) is 13.2 Å². The smallest absolute Gasteiger partial charge is 0.425 e. The predicted octanol–water partition coefficient (Wildman–Crippen LogP) is 2.37. The number of nitrogens with one attached hydrogen (secondary N) is 1. The molecule has 1 aromatic heterocycles. The molecule has 0 aliphatic heterocycles. The highest BCUT2D eigenvalue weighted by molar-refractivity contribution is 7.13. The lowest BCUT2D eigenvalue weighted by atomic mass is 10.4. The molecule has 0 saturated carbocycles. The summed E-state index contributed by atoms with van der Waals surface area (Å²) in [6.07, 6.45) is -6.26. The highest BCUT2D eigenvalue weighted by Gasteiger charge is 2.38. The van der Waals surface area contributed by atoms with Crippen LogP contribution < -0.4 is 10.1 Å². The molecule has 0 aliphatic carbocycles. The highest BCUT2D eigenvalue weighted by atomic mass is 32.1. The molecule has 98 valence electrons. The lowest BCUT2D eigenvalue weighted by Crippen LogP contribution is -2.31. The zero-order chi connectivity index (χ0) is 13.1. The lowest BCUT2D eigenvalue weighted by molar-refractivity contribution is -0.189. The Morgan fingerprint density at radius 3 is 2.47 bits per heavy atom. The van der Waals surface area contributed by atoms with Gasteiger partial charge in [0.25, 0.3) is 5.19 Å². The number of aromatic nitrogens is 2. The lowest BCUT2D eigenvalue weighted by Gasteiger charge is -2.14. The van der Waals surface area contributed by atoms with Gasteiger partial charge in [0, 0.05) is 6.04 Å². The first-order chi connectivity index (χ1) is 7.79. The fraction of sp³-hybridized carbons (Fsp3) is 0.778. The number of rotatable bonds is 5. The van der Waals surface area contributed by atoms with Crippen LogP contribution in [0.4, 0.5) is 13.2 Å². The van der Waals surface area contributed by atoms with E-state index in [4.69, 9.17) is 0 Å². The number of nitrogens with zero attached hydrogens (tertiary/aromatic N) is 2. The van der Waals surface area contributed by atoms with Gasteiger partial charge in [-0.3, -0.25) is 0 Å². The third kappa shape index (κ3) is 4.86. The van der Waals surface area contributed by atoms with Crippen LogP contribution in [-0.4, -0.2) is 28.5 Å². The van der Waals surface area contributed by atoms with Gasteiger partial charge < -0.3 is 10.1 Å². The normalized spacial score (nSPS) is 14.1. The molecule has 0 fully saturated rings. The summed E-state index contributed by atoms with van der Waals surface area (Å²) in [4.78, 5) is 0. The second-order valence-corrected chi connectivity index (χ2v) is 4.82. The van der Waals surface area contributed by atoms with Crippen LogP contribution in [-0.2, 0) is 6.54 Å². The van der Waals surface area contributed by atoms with Crippen molar-refractivity contribution < 1.29 is 17.9 Å². The van der Waals surface area contributed by atoms with E-state index >= 15 is 0 Å². The molecule has 1 N–H and O–H groups in total. The maximum atomic E-state index is 12.2. The Kier molecular flexibility index (Phi) is 4.70. The van der Waals surface area contributed by atoms with Crippen molar-refractivity contribution in [3.8, 4) is 5.19 Å². The van der Waals surface area contributed by atoms with Crippen molar-refractivity contribution in [3.63, 3.8) is 0 Å². The Morgan fingerprint density at radius 2 is 1.94 bits per heavy atom. The summed E-state index contributed by atoms with van der Waals surface area (Å²) in [5.41, 5.74) is 0. The molecule has 4 nitrogen and oxygen atoms in total. The number of hydrogen-bond donors (Lipinski definition) is 1. The van der Waals surface area contributed by atoms with E-state index < -0.39 is 12.3 Å². The van der Waals surface area contributed by atoms with Crippen LogP contribution in [0.1, 0.15) is 25.8 Å². The molecule has 0 amide bonds. The number of hydrogen-bond acceptors (Lipinski definition) is 5. The van der Waals surface area contributed by atoms with Gasteiger partial charge in [0.05, 0.1) is 6.54 Å². The summed E-state index contributed by atoms with van der Waals surface area (Å²) in [6.45, 7) is 5.33. The molecule has 0 aliphatic rings. The predicted molar refractivity (Wildman–Crippen MR) is 58.0 cm³/mol. The van der Waals surface area contributed by atoms with E-state index in [1.54, 1.807) is 0 Å². The first-order valence-electron chi connectivity index (χ1n) is 5.08. The third-order valence-corrected chi connectivity index (χ3v) is 2.66. The number of halogens is 3. The SMILES string of the molecule is CC(C)NCc1nnc(OC(C)C(F)(F)F)s1. The summed E-state index contributed by atoms with van der Waals surface area (Å²) in [5.74, 6) is 0. The summed E-state index contributed by atoms with van der Waals surface area (Å²) in [6, 6.07) is 0.275. The Morgan fingerprint density at radius 1 is 1.29 bits per heavy atom. The van der Waals surface area contributed by atoms with Crippen LogP contribution in [0.2, 0.25) is 0 Å². The van der Waals surface area contributed by atoms with E-state index in [9.17, 15) is 13.2 Å². The van der Waals surface area contributed by atoms with E-state index in [2.05, 4.69) is 20.3 Å². The van der Waals surface area contributed by atoms with Gasteiger partial charge in [0.1, 0.15) is 5.01 Å². The maximum absolute atomic E-state index is 12.2. The van der Waals surface area contributed by atoms with Crippen molar-refractivity contribution in [1.29, 1.82) is 0 Å². The third-order valence-electron chi connectivity index (χ3n) is 1.85. The molecule has 1 atom stereocenters. The van der Waals surface area contributed by atoms with Gasteiger partial charge in [0.15, 0.2) is 6.10 Å². The van der Waals surface area contributed by atoms with Gasteiger partial charge in [0.2, 0.25) is 0 Å². The van der Waals surface area contributed by atoms with Crippen molar-refractivity contribution in [3.05, 3.63) is 5.01 Å². The van der Waals surface area contributed by atoms with Crippen LogP contribution in [0.25, 0.3) is 0 Å². The zero-order valence-corrected chi connectivity index (χ0v) is 10.5. The van der Waals surface area contributed by atoms with Crippen molar-refractivity contribution in [2.45, 2.75) is 45.6 Å². The Labute approximate surface area is 101 Å². The summed E-state index contributed by atoms with van der Waals surface area (Å²) in [5, 5.41) is 10.9. The van der Waals surface area contributed by atoms with Gasteiger partial charge in [-0.05, 0) is 6.92 Å². The first-order valence-corrected chi connectivity index (χ1v) is 5.90. The van der Waals surface area contributed by atoms with Gasteiger partial charge in [-0.15, -0.1) is 5.10 Å². The molecule has 1 heterocycles. The second kappa shape index (κ2) is 5.63. The van der Waals surface area contributed by atoms with Gasteiger partial charge in [-0.25, -0.2) is 0 Å². The molecule has 1 unspecified atom stereocenters. The fourth-order valence-electron chi connectivity index (χ4n) is 0.867. The highest BCUT2D eigenvalue weighted by Crippen LogP contribution is 2.26. The zero-order valence-electron chi connectivity index (χ0n) is 9.71. The van der Waals surface area contributed by atoms with Crippen LogP contribution in [0.3, 0.4) is 0 Å². The minimum Gasteiger partial charge on any atom is -0.456 e. The molecule has 17 heavy (non-hydrogen) atoms. The molecular weight excluding hydrogens is 255 g/mol. The van der Waals surface area contributed by atoms with Crippen molar-refractivity contribution >= 4 is 11.3 Å². The van der Waals surface area contributed by atoms with Crippen LogP contribution in [0.5, 0.6) is 5.19 Å². The molecule has 1 rings (SSSR count). The second-order valence-electron chi connectivity index (χ2n) is 3.80. The number of ether oxygens (including phenoxy) is 1. The molecular formula is C9H14F3N3OS. The molecule has 0 bridgehead atoms. The summed E-state index contributed by atoms with van der Waals surface area (Å²) in [7, 11) is 0. The van der Waals surface area contributed by atoms with Crippen molar-refractivity contribution in [1.82, 2.24) is 15.5 Å². The van der Waals surface area contributed by atoms with Crippen molar-refractivity contribution in [2.24, 2.45) is 0 Å². The van der Waals surface area contributed by atoms with Crippen molar-refractivity contribution in [2.75, 3.05) is 0 Å². The largest absolute Gasteiger partial charge is 0.456 e. The van der Waals surface area contributed by atoms with E-state index in [1.807, 2.05) is 13.8 Å². The van der Waals surface area contributed by atoms with Gasteiger partial charge >= 0.3 is 6.18 Å². The standard InChI is InChI=1S/C9H14F3N3OS/c1-5(2)13-4-7-14-15-8(17-7)16-6(3)9(10,11)12/h5-6,13H,4H2,1-3H3. The Hall–Kier alpha value is -0.890. The molecule has 0 aromatic carbocycles. The summed E-state index contributed by atoms with van der Waals surface area (Å²) >= 11 is 1.01. The molecule has 1 aromatic rings. The molecule has 8 heteroatoms. The minimum atomic E-state index is -4.39. The molecule has 0 spiro atoms. The Bertz CT molecular complexity index is 354. The molecule has 0 radical (unpaired) electrons. The number of alkyl halides is 3. The first kappa shape index (κ1) is 14.2. The van der Waals surface area contributed by atoms with Gasteiger partial charge in [-0.1, -0.05) is 30.3 Å². The average molecular weight is 269 g/mol. The van der Waals surface area contributed by atoms with Crippen LogP contribution >= 0.6 is 11.3 Å². The topological polar surface area (TPSA) is 47.0 Å². The summed E-state index contributed by atoms with van der Waals surface area (Å²) < 4.78 is 41.3. The quantitative estimate of drug-likeness (QED) is 0.891. The fourth-order valence-corrected chi connectivity index (χ4v) is 1.58. The molecule has 0 saturated heterocycles. The maximum Gasteiger partial charge on any atom is 0.425 e. The van der Waals surface area contributed by atoms with Crippen LogP contribution in [0, 0.1) is 0 Å². The minimum absolute atomic E-state index is 0.0598. The van der Waals surface area contributed by atoms with Crippen LogP contribution in [0.15, 0.2) is 0 Å².